The van der Waals surface area contributed by atoms with Crippen molar-refractivity contribution in [2.75, 3.05) is 25.7 Å². The Kier molecular flexibility index (Phi) is 8.05. The molecule has 2 aromatic rings. The lowest BCUT2D eigenvalue weighted by Crippen LogP contribution is -2.27. The standard InChI is InChI=1S/C19H23NO2S2/c1-22-17-7-3-15(4-8-17)11-12-20-19(21)14-24-13-16-5-9-18(23-2)10-6-16/h3-10H,11-14H2,1-2H3,(H,20,21). The molecule has 1 amide bonds. The minimum absolute atomic E-state index is 0.0919. The van der Waals surface area contributed by atoms with Crippen molar-refractivity contribution < 1.29 is 9.53 Å². The van der Waals surface area contributed by atoms with E-state index >= 15 is 0 Å². The highest BCUT2D eigenvalue weighted by atomic mass is 32.2. The van der Waals surface area contributed by atoms with Gasteiger partial charge in [0.05, 0.1) is 12.9 Å². The molecule has 5 heteroatoms. The summed E-state index contributed by atoms with van der Waals surface area (Å²) in [4.78, 5) is 13.1. The topological polar surface area (TPSA) is 38.3 Å². The zero-order valence-electron chi connectivity index (χ0n) is 14.1. The van der Waals surface area contributed by atoms with Crippen LogP contribution in [0.15, 0.2) is 53.4 Å². The van der Waals surface area contributed by atoms with Gasteiger partial charge in [-0.15, -0.1) is 23.5 Å². The van der Waals surface area contributed by atoms with Gasteiger partial charge in [-0.2, -0.15) is 0 Å². The smallest absolute Gasteiger partial charge is 0.230 e. The maximum atomic E-state index is 11.9. The van der Waals surface area contributed by atoms with E-state index in [0.29, 0.717) is 12.3 Å². The van der Waals surface area contributed by atoms with Gasteiger partial charge in [-0.1, -0.05) is 24.3 Å². The van der Waals surface area contributed by atoms with E-state index in [1.54, 1.807) is 30.6 Å². The molecule has 128 valence electrons. The first-order chi connectivity index (χ1) is 11.7. The van der Waals surface area contributed by atoms with Crippen LogP contribution in [0.2, 0.25) is 0 Å². The molecule has 0 atom stereocenters. The van der Waals surface area contributed by atoms with Gasteiger partial charge < -0.3 is 10.1 Å². The van der Waals surface area contributed by atoms with Crippen LogP contribution in [0.4, 0.5) is 0 Å². The number of ether oxygens (including phenoxy) is 1. The molecule has 2 rings (SSSR count). The SMILES string of the molecule is COc1ccc(CCNC(=O)CSCc2ccc(SC)cc2)cc1. The van der Waals surface area contributed by atoms with Crippen molar-refractivity contribution in [2.45, 2.75) is 17.1 Å². The zero-order chi connectivity index (χ0) is 17.2. The molecular formula is C19H23NO2S2. The van der Waals surface area contributed by atoms with Crippen molar-refractivity contribution in [3.8, 4) is 5.75 Å². The summed E-state index contributed by atoms with van der Waals surface area (Å²) in [6, 6.07) is 16.4. The van der Waals surface area contributed by atoms with E-state index in [9.17, 15) is 4.79 Å². The minimum Gasteiger partial charge on any atom is -0.497 e. The number of hydrogen-bond donors (Lipinski definition) is 1. The second kappa shape index (κ2) is 10.3. The maximum Gasteiger partial charge on any atom is 0.230 e. The van der Waals surface area contributed by atoms with Gasteiger partial charge in [-0.25, -0.2) is 0 Å². The fraction of sp³-hybridized carbons (Fsp3) is 0.316. The predicted molar refractivity (Wildman–Crippen MR) is 104 cm³/mol. The molecule has 0 spiro atoms. The predicted octanol–water partition coefficient (Wildman–Crippen LogP) is 4.01. The minimum atomic E-state index is 0.0919. The summed E-state index contributed by atoms with van der Waals surface area (Å²) in [5.41, 5.74) is 2.45. The van der Waals surface area contributed by atoms with Crippen molar-refractivity contribution in [1.29, 1.82) is 0 Å². The number of carbonyl (C=O) groups excluding carboxylic acids is 1. The monoisotopic (exact) mass is 361 g/mol. The Balaban J connectivity index is 1.62. The summed E-state index contributed by atoms with van der Waals surface area (Å²) in [7, 11) is 1.66. The summed E-state index contributed by atoms with van der Waals surface area (Å²) in [6.07, 6.45) is 2.90. The maximum absolute atomic E-state index is 11.9. The number of benzene rings is 2. The van der Waals surface area contributed by atoms with Crippen LogP contribution in [0.1, 0.15) is 11.1 Å². The lowest BCUT2D eigenvalue weighted by molar-refractivity contribution is -0.118. The van der Waals surface area contributed by atoms with E-state index in [2.05, 4.69) is 35.8 Å². The van der Waals surface area contributed by atoms with Gasteiger partial charge >= 0.3 is 0 Å². The molecule has 1 N–H and O–H groups in total. The highest BCUT2D eigenvalue weighted by molar-refractivity contribution is 7.99. The number of nitrogens with one attached hydrogen (secondary N) is 1. The normalized spacial score (nSPS) is 10.4. The van der Waals surface area contributed by atoms with Crippen molar-refractivity contribution in [3.63, 3.8) is 0 Å². The largest absolute Gasteiger partial charge is 0.497 e. The van der Waals surface area contributed by atoms with E-state index in [1.165, 1.54) is 16.0 Å². The second-order valence-corrected chi connectivity index (χ2v) is 7.15. The van der Waals surface area contributed by atoms with E-state index in [1.807, 2.05) is 24.3 Å². The Bertz CT molecular complexity index is 571. The molecule has 0 radical (unpaired) electrons. The van der Waals surface area contributed by atoms with Crippen LogP contribution in [0.3, 0.4) is 0 Å². The first-order valence-corrected chi connectivity index (χ1v) is 10.2. The molecule has 0 aliphatic carbocycles. The average molecular weight is 362 g/mol. The second-order valence-electron chi connectivity index (χ2n) is 5.29. The third-order valence-corrected chi connectivity index (χ3v) is 5.30. The Hall–Kier alpha value is -1.59. The molecule has 0 aliphatic heterocycles. The highest BCUT2D eigenvalue weighted by Crippen LogP contribution is 2.18. The van der Waals surface area contributed by atoms with Gasteiger partial charge in [0.15, 0.2) is 0 Å². The van der Waals surface area contributed by atoms with E-state index < -0.39 is 0 Å². The summed E-state index contributed by atoms with van der Waals surface area (Å²) in [6.45, 7) is 0.661. The molecule has 24 heavy (non-hydrogen) atoms. The molecule has 0 unspecified atom stereocenters. The zero-order valence-corrected chi connectivity index (χ0v) is 15.7. The van der Waals surface area contributed by atoms with Gasteiger partial charge in [0, 0.05) is 17.2 Å². The molecule has 2 aromatic carbocycles. The fourth-order valence-electron chi connectivity index (χ4n) is 2.17. The van der Waals surface area contributed by atoms with E-state index in [0.717, 1.165) is 17.9 Å². The summed E-state index contributed by atoms with van der Waals surface area (Å²) in [5.74, 6) is 2.30. The third kappa shape index (κ3) is 6.49. The molecule has 0 saturated heterocycles. The van der Waals surface area contributed by atoms with Crippen LogP contribution in [0.5, 0.6) is 5.75 Å². The Labute approximate surface area is 152 Å². The summed E-state index contributed by atoms with van der Waals surface area (Å²) >= 11 is 3.38. The highest BCUT2D eigenvalue weighted by Gasteiger charge is 2.02. The average Bonchev–Trinajstić information content (AvgIpc) is 2.63. The summed E-state index contributed by atoms with van der Waals surface area (Å²) < 4.78 is 5.13. The number of methoxy groups -OCH3 is 1. The quantitative estimate of drug-likeness (QED) is 0.685. The van der Waals surface area contributed by atoms with Gasteiger partial charge in [0.2, 0.25) is 5.91 Å². The fourth-order valence-corrected chi connectivity index (χ4v) is 3.40. The van der Waals surface area contributed by atoms with Crippen LogP contribution < -0.4 is 10.1 Å². The van der Waals surface area contributed by atoms with Crippen molar-refractivity contribution >= 4 is 29.4 Å². The summed E-state index contributed by atoms with van der Waals surface area (Å²) in [5, 5.41) is 2.97. The van der Waals surface area contributed by atoms with E-state index in [4.69, 9.17) is 4.74 Å². The van der Waals surface area contributed by atoms with Crippen LogP contribution in [0.25, 0.3) is 0 Å². The van der Waals surface area contributed by atoms with Gasteiger partial charge in [-0.05, 0) is 48.1 Å². The first-order valence-electron chi connectivity index (χ1n) is 7.81. The Morgan fingerprint density at radius 1 is 1.04 bits per heavy atom. The van der Waals surface area contributed by atoms with Gasteiger partial charge in [-0.3, -0.25) is 4.79 Å². The Morgan fingerprint density at radius 2 is 1.71 bits per heavy atom. The van der Waals surface area contributed by atoms with Crippen LogP contribution in [-0.2, 0) is 17.0 Å². The number of thioether (sulfide) groups is 2. The number of carbonyl (C=O) groups is 1. The number of rotatable bonds is 9. The van der Waals surface area contributed by atoms with Crippen LogP contribution >= 0.6 is 23.5 Å². The molecular weight excluding hydrogens is 338 g/mol. The van der Waals surface area contributed by atoms with Crippen molar-refractivity contribution in [1.82, 2.24) is 5.32 Å². The van der Waals surface area contributed by atoms with E-state index in [-0.39, 0.29) is 5.91 Å². The number of hydrogen-bond acceptors (Lipinski definition) is 4. The number of amides is 1. The van der Waals surface area contributed by atoms with Crippen LogP contribution in [-0.4, -0.2) is 31.6 Å². The Morgan fingerprint density at radius 3 is 2.33 bits per heavy atom. The molecule has 0 heterocycles. The molecule has 0 aromatic heterocycles. The molecule has 0 fully saturated rings. The third-order valence-electron chi connectivity index (χ3n) is 3.56. The van der Waals surface area contributed by atoms with Crippen molar-refractivity contribution in [3.05, 3.63) is 59.7 Å². The first kappa shape index (κ1) is 18.7. The van der Waals surface area contributed by atoms with Crippen LogP contribution in [0, 0.1) is 0 Å². The lowest BCUT2D eigenvalue weighted by Gasteiger charge is -2.07. The molecule has 0 saturated carbocycles. The van der Waals surface area contributed by atoms with Crippen molar-refractivity contribution in [2.24, 2.45) is 0 Å². The van der Waals surface area contributed by atoms with Gasteiger partial charge in [0.25, 0.3) is 0 Å². The lowest BCUT2D eigenvalue weighted by atomic mass is 10.1. The molecule has 0 bridgehead atoms. The van der Waals surface area contributed by atoms with Gasteiger partial charge in [0.1, 0.15) is 5.75 Å². The molecule has 3 nitrogen and oxygen atoms in total. The molecule has 0 aliphatic rings.